The molecule has 0 amide bonds. The van der Waals surface area contributed by atoms with Crippen LogP contribution in [0.5, 0.6) is 5.75 Å². The third kappa shape index (κ3) is 4.39. The molecule has 0 bridgehead atoms. The molecular weight excluding hydrogens is 210 g/mol. The summed E-state index contributed by atoms with van der Waals surface area (Å²) in [4.78, 5) is 0. The summed E-state index contributed by atoms with van der Waals surface area (Å²) in [5.74, 6) is 2.19. The summed E-state index contributed by atoms with van der Waals surface area (Å²) in [5.41, 5.74) is 7.21. The van der Waals surface area contributed by atoms with Gasteiger partial charge in [-0.3, -0.25) is 0 Å². The van der Waals surface area contributed by atoms with Crippen LogP contribution < -0.4 is 10.5 Å². The SMILES string of the molecule is CCCC(C)C(CN)Cc1cccc(OC)c1. The smallest absolute Gasteiger partial charge is 0.119 e. The molecule has 0 aliphatic heterocycles. The van der Waals surface area contributed by atoms with Gasteiger partial charge in [0.15, 0.2) is 0 Å². The van der Waals surface area contributed by atoms with Crippen LogP contribution in [0.3, 0.4) is 0 Å². The second kappa shape index (κ2) is 7.33. The third-order valence-electron chi connectivity index (χ3n) is 3.48. The molecule has 0 spiro atoms. The molecule has 2 atom stereocenters. The highest BCUT2D eigenvalue weighted by Crippen LogP contribution is 2.22. The predicted molar refractivity (Wildman–Crippen MR) is 73.3 cm³/mol. The molecule has 0 fully saturated rings. The van der Waals surface area contributed by atoms with E-state index in [9.17, 15) is 0 Å². The van der Waals surface area contributed by atoms with Gasteiger partial charge in [-0.1, -0.05) is 38.8 Å². The van der Waals surface area contributed by atoms with Gasteiger partial charge >= 0.3 is 0 Å². The van der Waals surface area contributed by atoms with E-state index in [0.29, 0.717) is 11.8 Å². The van der Waals surface area contributed by atoms with Crippen molar-refractivity contribution < 1.29 is 4.74 Å². The number of methoxy groups -OCH3 is 1. The Morgan fingerprint density at radius 3 is 2.71 bits per heavy atom. The molecule has 1 aromatic rings. The number of benzene rings is 1. The molecule has 0 radical (unpaired) electrons. The van der Waals surface area contributed by atoms with Crippen LogP contribution in [0.1, 0.15) is 32.3 Å². The first-order chi connectivity index (χ1) is 8.21. The zero-order valence-corrected chi connectivity index (χ0v) is 11.3. The molecule has 0 saturated carbocycles. The van der Waals surface area contributed by atoms with Gasteiger partial charge in [0, 0.05) is 0 Å². The summed E-state index contributed by atoms with van der Waals surface area (Å²) in [7, 11) is 1.71. The van der Waals surface area contributed by atoms with Crippen molar-refractivity contribution in [2.75, 3.05) is 13.7 Å². The Hall–Kier alpha value is -1.02. The van der Waals surface area contributed by atoms with Gasteiger partial charge in [0.05, 0.1) is 7.11 Å². The number of ether oxygens (including phenoxy) is 1. The largest absolute Gasteiger partial charge is 0.497 e. The lowest BCUT2D eigenvalue weighted by atomic mass is 9.85. The minimum absolute atomic E-state index is 0.571. The van der Waals surface area contributed by atoms with Crippen LogP contribution >= 0.6 is 0 Å². The molecule has 2 nitrogen and oxygen atoms in total. The quantitative estimate of drug-likeness (QED) is 0.787. The van der Waals surface area contributed by atoms with Crippen molar-refractivity contribution in [3.05, 3.63) is 29.8 Å². The molecule has 17 heavy (non-hydrogen) atoms. The fourth-order valence-electron chi connectivity index (χ4n) is 2.31. The average Bonchev–Trinajstić information content (AvgIpc) is 2.36. The summed E-state index contributed by atoms with van der Waals surface area (Å²) in [6.07, 6.45) is 3.54. The van der Waals surface area contributed by atoms with Crippen LogP contribution in [0.2, 0.25) is 0 Å². The van der Waals surface area contributed by atoms with Crippen LogP contribution in [0, 0.1) is 11.8 Å². The minimum atomic E-state index is 0.571. The third-order valence-corrected chi connectivity index (χ3v) is 3.48. The highest BCUT2D eigenvalue weighted by atomic mass is 16.5. The van der Waals surface area contributed by atoms with Crippen molar-refractivity contribution in [1.82, 2.24) is 0 Å². The van der Waals surface area contributed by atoms with Crippen molar-refractivity contribution in [1.29, 1.82) is 0 Å². The van der Waals surface area contributed by atoms with Crippen LogP contribution in [-0.4, -0.2) is 13.7 Å². The lowest BCUT2D eigenvalue weighted by Gasteiger charge is -2.22. The Labute approximate surface area is 105 Å². The first kappa shape index (κ1) is 14.0. The maximum Gasteiger partial charge on any atom is 0.119 e. The summed E-state index contributed by atoms with van der Waals surface area (Å²) in [5, 5.41) is 0. The molecule has 1 rings (SSSR count). The highest BCUT2D eigenvalue weighted by molar-refractivity contribution is 5.28. The number of nitrogens with two attached hydrogens (primary N) is 1. The van der Waals surface area contributed by atoms with Crippen LogP contribution in [-0.2, 0) is 6.42 Å². The topological polar surface area (TPSA) is 35.2 Å². The molecule has 96 valence electrons. The minimum Gasteiger partial charge on any atom is -0.497 e. The fourth-order valence-corrected chi connectivity index (χ4v) is 2.31. The van der Waals surface area contributed by atoms with Crippen molar-refractivity contribution in [3.63, 3.8) is 0 Å². The normalized spacial score (nSPS) is 14.4. The molecular formula is C15H25NO. The summed E-state index contributed by atoms with van der Waals surface area (Å²) >= 11 is 0. The maximum atomic E-state index is 5.89. The molecule has 0 aliphatic carbocycles. The van der Waals surface area contributed by atoms with Gasteiger partial charge < -0.3 is 10.5 Å². The van der Waals surface area contributed by atoms with Gasteiger partial charge in [-0.15, -0.1) is 0 Å². The van der Waals surface area contributed by atoms with Gasteiger partial charge in [-0.2, -0.15) is 0 Å². The van der Waals surface area contributed by atoms with Crippen molar-refractivity contribution in [2.45, 2.75) is 33.1 Å². The van der Waals surface area contributed by atoms with E-state index in [1.807, 2.05) is 12.1 Å². The van der Waals surface area contributed by atoms with Gasteiger partial charge in [-0.05, 0) is 42.5 Å². The number of hydrogen-bond donors (Lipinski definition) is 1. The van der Waals surface area contributed by atoms with Crippen molar-refractivity contribution in [3.8, 4) is 5.75 Å². The Morgan fingerprint density at radius 1 is 1.35 bits per heavy atom. The Bertz CT molecular complexity index is 324. The molecule has 0 heterocycles. The van der Waals surface area contributed by atoms with E-state index in [1.54, 1.807) is 7.11 Å². The molecule has 1 aromatic carbocycles. The Kier molecular flexibility index (Phi) is 6.06. The van der Waals surface area contributed by atoms with Crippen LogP contribution in [0.15, 0.2) is 24.3 Å². The predicted octanol–water partition coefficient (Wildman–Crippen LogP) is 3.25. The second-order valence-corrected chi connectivity index (χ2v) is 4.82. The van der Waals surface area contributed by atoms with E-state index in [4.69, 9.17) is 10.5 Å². The zero-order valence-electron chi connectivity index (χ0n) is 11.3. The van der Waals surface area contributed by atoms with Gasteiger partial charge in [-0.25, -0.2) is 0 Å². The maximum absolute atomic E-state index is 5.89. The van der Waals surface area contributed by atoms with Crippen molar-refractivity contribution in [2.24, 2.45) is 17.6 Å². The standard InChI is InChI=1S/C15H25NO/c1-4-6-12(2)14(11-16)9-13-7-5-8-15(10-13)17-3/h5,7-8,10,12,14H,4,6,9,11,16H2,1-3H3. The molecule has 0 aromatic heterocycles. The van der Waals surface area contributed by atoms with E-state index in [-0.39, 0.29) is 0 Å². The zero-order chi connectivity index (χ0) is 12.7. The monoisotopic (exact) mass is 235 g/mol. The average molecular weight is 235 g/mol. The summed E-state index contributed by atoms with van der Waals surface area (Å²) in [6, 6.07) is 8.30. The van der Waals surface area contributed by atoms with E-state index >= 15 is 0 Å². The van der Waals surface area contributed by atoms with Gasteiger partial charge in [0.25, 0.3) is 0 Å². The van der Waals surface area contributed by atoms with E-state index in [0.717, 1.165) is 18.7 Å². The fraction of sp³-hybridized carbons (Fsp3) is 0.600. The summed E-state index contributed by atoms with van der Waals surface area (Å²) < 4.78 is 5.25. The van der Waals surface area contributed by atoms with Crippen LogP contribution in [0.4, 0.5) is 0 Å². The van der Waals surface area contributed by atoms with Gasteiger partial charge in [0.1, 0.15) is 5.75 Å². The molecule has 0 aliphatic rings. The second-order valence-electron chi connectivity index (χ2n) is 4.82. The highest BCUT2D eigenvalue weighted by Gasteiger charge is 2.15. The Morgan fingerprint density at radius 2 is 2.12 bits per heavy atom. The van der Waals surface area contributed by atoms with Gasteiger partial charge in [0.2, 0.25) is 0 Å². The van der Waals surface area contributed by atoms with Crippen LogP contribution in [0.25, 0.3) is 0 Å². The first-order valence-electron chi connectivity index (χ1n) is 6.54. The Balaban J connectivity index is 2.66. The first-order valence-corrected chi connectivity index (χ1v) is 6.54. The molecule has 2 heteroatoms. The number of hydrogen-bond acceptors (Lipinski definition) is 2. The number of rotatable bonds is 7. The lowest BCUT2D eigenvalue weighted by Crippen LogP contribution is -2.23. The van der Waals surface area contributed by atoms with E-state index in [1.165, 1.54) is 18.4 Å². The van der Waals surface area contributed by atoms with E-state index < -0.39 is 0 Å². The molecule has 2 unspecified atom stereocenters. The van der Waals surface area contributed by atoms with Crippen molar-refractivity contribution >= 4 is 0 Å². The molecule has 0 saturated heterocycles. The molecule has 2 N–H and O–H groups in total. The van der Waals surface area contributed by atoms with E-state index in [2.05, 4.69) is 26.0 Å². The lowest BCUT2D eigenvalue weighted by molar-refractivity contribution is 0.340. The summed E-state index contributed by atoms with van der Waals surface area (Å²) in [6.45, 7) is 5.30.